The van der Waals surface area contributed by atoms with Gasteiger partial charge in [-0.25, -0.2) is 9.59 Å². The minimum Gasteiger partial charge on any atom is -0.461 e. The normalized spacial score (nSPS) is 15.0. The molecule has 0 aliphatic carbocycles. The van der Waals surface area contributed by atoms with Crippen molar-refractivity contribution in [3.63, 3.8) is 0 Å². The van der Waals surface area contributed by atoms with Crippen LogP contribution in [0, 0.1) is 5.92 Å². The number of aliphatic hydroxyl groups is 1. The van der Waals surface area contributed by atoms with E-state index in [2.05, 4.69) is 10.1 Å². The van der Waals surface area contributed by atoms with Crippen LogP contribution >= 0.6 is 0 Å². The number of alkyl halides is 2. The van der Waals surface area contributed by atoms with E-state index < -0.39 is 35.7 Å². The van der Waals surface area contributed by atoms with Crippen molar-refractivity contribution in [2.75, 3.05) is 6.61 Å². The average Bonchev–Trinajstić information content (AvgIpc) is 2.34. The minimum atomic E-state index is -4.13. The Morgan fingerprint density at radius 1 is 1.22 bits per heavy atom. The molecule has 0 aromatic heterocycles. The molecule has 0 rings (SSSR count). The highest BCUT2D eigenvalue weighted by Crippen LogP contribution is 2.26. The van der Waals surface area contributed by atoms with Crippen LogP contribution in [0.1, 0.15) is 48.0 Å². The average molecular weight is 339 g/mol. The highest BCUT2D eigenvalue weighted by Gasteiger charge is 2.52. The van der Waals surface area contributed by atoms with Gasteiger partial charge in [-0.2, -0.15) is 8.78 Å². The van der Waals surface area contributed by atoms with Gasteiger partial charge in [-0.15, -0.1) is 0 Å². The van der Waals surface area contributed by atoms with Crippen LogP contribution < -0.4 is 5.32 Å². The molecule has 2 atom stereocenters. The van der Waals surface area contributed by atoms with E-state index in [0.29, 0.717) is 0 Å². The van der Waals surface area contributed by atoms with Crippen LogP contribution in [0.3, 0.4) is 0 Å². The summed E-state index contributed by atoms with van der Waals surface area (Å²) in [7, 11) is 0. The summed E-state index contributed by atoms with van der Waals surface area (Å²) < 4.78 is 37.2. The number of hydrogen-bond donors (Lipinski definition) is 2. The minimum absolute atomic E-state index is 0.0371. The van der Waals surface area contributed by atoms with Gasteiger partial charge in [0.15, 0.2) is 0 Å². The summed E-state index contributed by atoms with van der Waals surface area (Å²) in [4.78, 5) is 23.1. The number of ether oxygens (including phenoxy) is 2. The van der Waals surface area contributed by atoms with E-state index in [4.69, 9.17) is 4.74 Å². The maximum atomic E-state index is 14.0. The summed E-state index contributed by atoms with van der Waals surface area (Å²) in [5.41, 5.74) is -0.818. The van der Waals surface area contributed by atoms with Crippen molar-refractivity contribution in [2.45, 2.75) is 71.6 Å². The van der Waals surface area contributed by atoms with E-state index in [1.807, 2.05) is 0 Å². The number of carbonyl (C=O) groups is 2. The Balaban J connectivity index is 5.15. The molecular formula is C15H27F2NO5. The van der Waals surface area contributed by atoms with Crippen LogP contribution in [0.25, 0.3) is 0 Å². The lowest BCUT2D eigenvalue weighted by atomic mass is 9.95. The van der Waals surface area contributed by atoms with Crippen molar-refractivity contribution in [3.05, 3.63) is 0 Å². The second kappa shape index (κ2) is 8.42. The summed E-state index contributed by atoms with van der Waals surface area (Å²) in [6.07, 6.45) is -3.33. The third-order valence-corrected chi connectivity index (χ3v) is 2.73. The highest BCUT2D eigenvalue weighted by molar-refractivity contribution is 5.78. The Bertz CT molecular complexity index is 407. The Kier molecular flexibility index (Phi) is 7.90. The molecule has 0 heterocycles. The molecule has 1 amide bonds. The molecule has 0 aromatic carbocycles. The van der Waals surface area contributed by atoms with Crippen LogP contribution in [0.15, 0.2) is 0 Å². The fourth-order valence-electron chi connectivity index (χ4n) is 1.83. The summed E-state index contributed by atoms with van der Waals surface area (Å²) >= 11 is 0. The first kappa shape index (κ1) is 21.6. The number of carbonyl (C=O) groups excluding carboxylic acids is 2. The van der Waals surface area contributed by atoms with Crippen LogP contribution in [-0.4, -0.2) is 47.4 Å². The zero-order chi connectivity index (χ0) is 18.4. The van der Waals surface area contributed by atoms with E-state index in [1.54, 1.807) is 34.6 Å². The molecule has 0 aliphatic heterocycles. The van der Waals surface area contributed by atoms with E-state index >= 15 is 0 Å². The third kappa shape index (κ3) is 7.58. The number of nitrogens with one attached hydrogen (secondary N) is 1. The third-order valence-electron chi connectivity index (χ3n) is 2.73. The highest BCUT2D eigenvalue weighted by atomic mass is 19.3. The second-order valence-corrected chi connectivity index (χ2v) is 6.67. The molecular weight excluding hydrogens is 312 g/mol. The predicted molar refractivity (Wildman–Crippen MR) is 80.2 cm³/mol. The van der Waals surface area contributed by atoms with Crippen molar-refractivity contribution in [1.82, 2.24) is 5.32 Å². The van der Waals surface area contributed by atoms with Gasteiger partial charge in [0.05, 0.1) is 12.6 Å². The van der Waals surface area contributed by atoms with Gasteiger partial charge in [-0.3, -0.25) is 0 Å². The fraction of sp³-hybridized carbons (Fsp3) is 0.867. The molecule has 136 valence electrons. The van der Waals surface area contributed by atoms with Gasteiger partial charge in [0.1, 0.15) is 11.7 Å². The molecule has 8 heteroatoms. The van der Waals surface area contributed by atoms with Crippen LogP contribution in [0.5, 0.6) is 0 Å². The van der Waals surface area contributed by atoms with Gasteiger partial charge in [-0.1, -0.05) is 13.8 Å². The van der Waals surface area contributed by atoms with Gasteiger partial charge < -0.3 is 19.9 Å². The number of halogens is 2. The quantitative estimate of drug-likeness (QED) is 0.696. The van der Waals surface area contributed by atoms with Gasteiger partial charge in [0.25, 0.3) is 0 Å². The lowest BCUT2D eigenvalue weighted by Gasteiger charge is -2.30. The van der Waals surface area contributed by atoms with Crippen LogP contribution in [-0.2, 0) is 14.3 Å². The predicted octanol–water partition coefficient (Wildman–Crippen LogP) is 2.49. The maximum absolute atomic E-state index is 14.0. The Morgan fingerprint density at radius 3 is 2.13 bits per heavy atom. The first-order valence-corrected chi connectivity index (χ1v) is 7.53. The molecule has 0 radical (unpaired) electrons. The number of alkyl carbamates (subject to hydrolysis) is 1. The summed E-state index contributed by atoms with van der Waals surface area (Å²) in [6.45, 7) is 9.47. The molecule has 0 bridgehead atoms. The van der Waals surface area contributed by atoms with E-state index in [-0.39, 0.29) is 18.9 Å². The van der Waals surface area contributed by atoms with Crippen molar-refractivity contribution < 1.29 is 33.0 Å². The fourth-order valence-corrected chi connectivity index (χ4v) is 1.83. The molecule has 0 saturated carbocycles. The smallest absolute Gasteiger partial charge is 0.407 e. The largest absolute Gasteiger partial charge is 0.461 e. The molecule has 0 fully saturated rings. The summed E-state index contributed by atoms with van der Waals surface area (Å²) in [5, 5.41) is 12.1. The topological polar surface area (TPSA) is 84.9 Å². The van der Waals surface area contributed by atoms with Gasteiger partial charge in [0, 0.05) is 0 Å². The first-order valence-electron chi connectivity index (χ1n) is 7.53. The van der Waals surface area contributed by atoms with E-state index in [9.17, 15) is 23.5 Å². The Morgan fingerprint density at radius 2 is 1.74 bits per heavy atom. The van der Waals surface area contributed by atoms with Crippen molar-refractivity contribution in [1.29, 1.82) is 0 Å². The maximum Gasteiger partial charge on any atom is 0.407 e. The standard InChI is InChI=1S/C15H27F2NO5/c1-7-22-12(20)15(16,17)11(19)10(8-9(2)3)18-13(21)23-14(4,5)6/h9-11,19H,7-8H2,1-6H3,(H,18,21)/t10-,11?/m0/s1. The van der Waals surface area contributed by atoms with Gasteiger partial charge >= 0.3 is 18.0 Å². The Labute approximate surface area is 135 Å². The number of hydrogen-bond acceptors (Lipinski definition) is 5. The molecule has 1 unspecified atom stereocenters. The monoisotopic (exact) mass is 339 g/mol. The molecule has 0 saturated heterocycles. The molecule has 2 N–H and O–H groups in total. The second-order valence-electron chi connectivity index (χ2n) is 6.67. The summed E-state index contributed by atoms with van der Waals surface area (Å²) in [5.74, 6) is -6.07. The SMILES string of the molecule is CCOC(=O)C(F)(F)C(O)[C@H](CC(C)C)NC(=O)OC(C)(C)C. The number of aliphatic hydroxyl groups excluding tert-OH is 1. The van der Waals surface area contributed by atoms with E-state index in [0.717, 1.165) is 0 Å². The lowest BCUT2D eigenvalue weighted by Crippen LogP contribution is -2.56. The molecule has 0 aliphatic rings. The van der Waals surface area contributed by atoms with Crippen LogP contribution in [0.2, 0.25) is 0 Å². The molecule has 6 nitrogen and oxygen atoms in total. The molecule has 23 heavy (non-hydrogen) atoms. The number of esters is 1. The number of rotatable bonds is 7. The first-order chi connectivity index (χ1) is 10.3. The summed E-state index contributed by atoms with van der Waals surface area (Å²) in [6, 6.07) is -1.36. The lowest BCUT2D eigenvalue weighted by molar-refractivity contribution is -0.191. The van der Waals surface area contributed by atoms with Crippen LogP contribution in [0.4, 0.5) is 13.6 Å². The van der Waals surface area contributed by atoms with Crippen molar-refractivity contribution in [2.24, 2.45) is 5.92 Å². The van der Waals surface area contributed by atoms with Crippen molar-refractivity contribution >= 4 is 12.1 Å². The zero-order valence-electron chi connectivity index (χ0n) is 14.5. The van der Waals surface area contributed by atoms with Gasteiger partial charge in [0.2, 0.25) is 0 Å². The van der Waals surface area contributed by atoms with Crippen molar-refractivity contribution in [3.8, 4) is 0 Å². The Hall–Kier alpha value is -1.44. The zero-order valence-corrected chi connectivity index (χ0v) is 14.5. The van der Waals surface area contributed by atoms with E-state index in [1.165, 1.54) is 6.92 Å². The molecule has 0 aromatic rings. The molecule has 0 spiro atoms. The van der Waals surface area contributed by atoms with Gasteiger partial charge in [-0.05, 0) is 40.0 Å². The number of amides is 1.